The molecule has 1 unspecified atom stereocenters. The van der Waals surface area contributed by atoms with Gasteiger partial charge in [-0.2, -0.15) is 0 Å². The van der Waals surface area contributed by atoms with Crippen LogP contribution in [0.4, 0.5) is 0 Å². The number of carboxylic acids is 1. The summed E-state index contributed by atoms with van der Waals surface area (Å²) >= 11 is 0. The molecule has 15 heavy (non-hydrogen) atoms. The minimum Gasteiger partial charge on any atom is -0.480 e. The van der Waals surface area contributed by atoms with Crippen LogP contribution >= 0.6 is 0 Å². The number of carbonyl (C=O) groups is 1. The minimum atomic E-state index is -1.10. The van der Waals surface area contributed by atoms with E-state index in [2.05, 4.69) is 5.32 Å². The second kappa shape index (κ2) is 5.10. The van der Waals surface area contributed by atoms with Gasteiger partial charge in [-0.25, -0.2) is 4.79 Å². The van der Waals surface area contributed by atoms with E-state index in [-0.39, 0.29) is 5.57 Å². The largest absolute Gasteiger partial charge is 0.480 e. The van der Waals surface area contributed by atoms with Crippen LogP contribution in [0.15, 0.2) is 30.3 Å². The first-order valence-corrected chi connectivity index (χ1v) is 4.41. The second-order valence-electron chi connectivity index (χ2n) is 2.94. The molecule has 4 heteroatoms. The Morgan fingerprint density at radius 2 is 2.00 bits per heavy atom. The number of rotatable bonds is 4. The first kappa shape index (κ1) is 11.2. The molecule has 0 saturated carbocycles. The van der Waals surface area contributed by atoms with E-state index in [9.17, 15) is 9.59 Å². The summed E-state index contributed by atoms with van der Waals surface area (Å²) in [5, 5.41) is 11.4. The van der Waals surface area contributed by atoms with Gasteiger partial charge in [0.1, 0.15) is 12.0 Å². The van der Waals surface area contributed by atoms with Crippen molar-refractivity contribution in [3.63, 3.8) is 0 Å². The van der Waals surface area contributed by atoms with Crippen LogP contribution in [0.1, 0.15) is 5.56 Å². The van der Waals surface area contributed by atoms with Gasteiger partial charge in [-0.15, -0.1) is 0 Å². The average Bonchev–Trinajstić information content (AvgIpc) is 2.26. The van der Waals surface area contributed by atoms with Crippen molar-refractivity contribution >= 4 is 17.5 Å². The molecule has 0 saturated heterocycles. The van der Waals surface area contributed by atoms with E-state index in [0.29, 0.717) is 5.56 Å². The van der Waals surface area contributed by atoms with Gasteiger partial charge < -0.3 is 10.4 Å². The highest BCUT2D eigenvalue weighted by atomic mass is 16.4. The zero-order valence-electron chi connectivity index (χ0n) is 8.23. The van der Waals surface area contributed by atoms with Crippen LogP contribution in [-0.2, 0) is 9.59 Å². The topological polar surface area (TPSA) is 66.4 Å². The maximum Gasteiger partial charge on any atom is 0.326 e. The van der Waals surface area contributed by atoms with Crippen molar-refractivity contribution < 1.29 is 14.7 Å². The van der Waals surface area contributed by atoms with Crippen molar-refractivity contribution in [1.82, 2.24) is 5.32 Å². The zero-order chi connectivity index (χ0) is 11.3. The third-order valence-corrected chi connectivity index (χ3v) is 2.02. The molecule has 0 aliphatic carbocycles. The fraction of sp³-hybridized carbons (Fsp3) is 0.182. The number of hydrogen-bond donors (Lipinski definition) is 2. The molecular formula is C11H11NO3. The van der Waals surface area contributed by atoms with Crippen LogP contribution in [0.3, 0.4) is 0 Å². The summed E-state index contributed by atoms with van der Waals surface area (Å²) < 4.78 is 0. The summed E-state index contributed by atoms with van der Waals surface area (Å²) in [5.41, 5.74) is 0.667. The number of likely N-dealkylation sites (N-methyl/N-ethyl adjacent to an activating group) is 1. The number of carbonyl (C=O) groups excluding carboxylic acids is 1. The summed E-state index contributed by atoms with van der Waals surface area (Å²) in [6, 6.07) is 7.59. The molecule has 1 aromatic rings. The van der Waals surface area contributed by atoms with Crippen molar-refractivity contribution in [2.24, 2.45) is 0 Å². The predicted molar refractivity (Wildman–Crippen MR) is 56.0 cm³/mol. The number of carboxylic acid groups (broad SMARTS) is 1. The van der Waals surface area contributed by atoms with E-state index in [1.807, 2.05) is 0 Å². The third-order valence-electron chi connectivity index (χ3n) is 2.02. The Balaban J connectivity index is 3.10. The molecule has 0 bridgehead atoms. The van der Waals surface area contributed by atoms with E-state index in [0.717, 1.165) is 0 Å². The molecule has 78 valence electrons. The molecule has 2 N–H and O–H groups in total. The van der Waals surface area contributed by atoms with Gasteiger partial charge in [-0.1, -0.05) is 30.3 Å². The van der Waals surface area contributed by atoms with Gasteiger partial charge >= 0.3 is 5.97 Å². The van der Waals surface area contributed by atoms with E-state index in [1.54, 1.807) is 36.3 Å². The molecule has 0 radical (unpaired) electrons. The van der Waals surface area contributed by atoms with E-state index >= 15 is 0 Å². The quantitative estimate of drug-likeness (QED) is 0.705. The summed E-state index contributed by atoms with van der Waals surface area (Å²) in [4.78, 5) is 21.6. The lowest BCUT2D eigenvalue weighted by Crippen LogP contribution is -2.35. The van der Waals surface area contributed by atoms with Crippen molar-refractivity contribution in [3.05, 3.63) is 35.9 Å². The molecule has 0 amide bonds. The van der Waals surface area contributed by atoms with E-state index < -0.39 is 12.0 Å². The van der Waals surface area contributed by atoms with Gasteiger partial charge in [-0.05, 0) is 12.6 Å². The Hall–Kier alpha value is -1.90. The fourth-order valence-electron chi connectivity index (χ4n) is 1.29. The first-order chi connectivity index (χ1) is 7.20. The number of benzene rings is 1. The fourth-order valence-corrected chi connectivity index (χ4v) is 1.29. The summed E-state index contributed by atoms with van der Waals surface area (Å²) in [7, 11) is 1.49. The molecule has 4 nitrogen and oxygen atoms in total. The molecule has 1 rings (SSSR count). The van der Waals surface area contributed by atoms with Crippen LogP contribution in [0.25, 0.3) is 5.57 Å². The van der Waals surface area contributed by atoms with Crippen molar-refractivity contribution in [2.75, 3.05) is 7.05 Å². The van der Waals surface area contributed by atoms with Gasteiger partial charge in [0.15, 0.2) is 0 Å². The van der Waals surface area contributed by atoms with Crippen LogP contribution in [0.2, 0.25) is 0 Å². The molecular weight excluding hydrogens is 194 g/mol. The summed E-state index contributed by atoms with van der Waals surface area (Å²) in [6.45, 7) is 0. The molecule has 0 fully saturated rings. The molecule has 0 spiro atoms. The number of aliphatic carboxylic acids is 1. The van der Waals surface area contributed by atoms with Crippen molar-refractivity contribution in [1.29, 1.82) is 0 Å². The van der Waals surface area contributed by atoms with Gasteiger partial charge in [0.05, 0.1) is 5.57 Å². The molecule has 0 aromatic heterocycles. The maximum atomic E-state index is 10.8. The van der Waals surface area contributed by atoms with E-state index in [4.69, 9.17) is 5.11 Å². The maximum absolute atomic E-state index is 10.8. The highest BCUT2D eigenvalue weighted by molar-refractivity contribution is 6.01. The average molecular weight is 205 g/mol. The standard InChI is InChI=1S/C11H11NO3/c1-12-10(11(14)15)9(7-13)8-5-3-2-4-6-8/h2-6,10,12H,1H3,(H,14,15). The smallest absolute Gasteiger partial charge is 0.326 e. The van der Waals surface area contributed by atoms with Crippen LogP contribution < -0.4 is 5.32 Å². The van der Waals surface area contributed by atoms with Gasteiger partial charge in [0.25, 0.3) is 0 Å². The normalized spacial score (nSPS) is 11.5. The van der Waals surface area contributed by atoms with Crippen LogP contribution in [0.5, 0.6) is 0 Å². The Kier molecular flexibility index (Phi) is 3.80. The van der Waals surface area contributed by atoms with Crippen LogP contribution in [-0.4, -0.2) is 30.1 Å². The number of hydrogen-bond acceptors (Lipinski definition) is 3. The lowest BCUT2D eigenvalue weighted by atomic mass is 10.0. The predicted octanol–water partition coefficient (Wildman–Crippen LogP) is 0.574. The molecule has 0 heterocycles. The molecule has 1 aromatic carbocycles. The minimum absolute atomic E-state index is 0.102. The lowest BCUT2D eigenvalue weighted by Gasteiger charge is -2.12. The van der Waals surface area contributed by atoms with Gasteiger partial charge in [0, 0.05) is 0 Å². The van der Waals surface area contributed by atoms with Crippen molar-refractivity contribution in [3.8, 4) is 0 Å². The summed E-state index contributed by atoms with van der Waals surface area (Å²) in [6.07, 6.45) is 0. The van der Waals surface area contributed by atoms with Gasteiger partial charge in [-0.3, -0.25) is 4.79 Å². The van der Waals surface area contributed by atoms with E-state index in [1.165, 1.54) is 7.05 Å². The Labute approximate surface area is 87.2 Å². The Morgan fingerprint density at radius 1 is 1.40 bits per heavy atom. The third kappa shape index (κ3) is 2.53. The van der Waals surface area contributed by atoms with Crippen LogP contribution in [0, 0.1) is 0 Å². The monoisotopic (exact) mass is 205 g/mol. The SMILES string of the molecule is CNC(C(=O)O)C(=C=O)c1ccccc1. The lowest BCUT2D eigenvalue weighted by molar-refractivity contribution is -0.137. The molecule has 0 aliphatic rings. The Bertz CT molecular complexity index is 394. The second-order valence-corrected chi connectivity index (χ2v) is 2.94. The zero-order valence-corrected chi connectivity index (χ0v) is 8.23. The summed E-state index contributed by atoms with van der Waals surface area (Å²) in [5.74, 6) is 0.577. The van der Waals surface area contributed by atoms with Crippen molar-refractivity contribution in [2.45, 2.75) is 6.04 Å². The molecule has 1 atom stereocenters. The molecule has 0 aliphatic heterocycles. The number of nitrogens with one attached hydrogen (secondary N) is 1. The highest BCUT2D eigenvalue weighted by Gasteiger charge is 2.22. The van der Waals surface area contributed by atoms with Gasteiger partial charge in [0.2, 0.25) is 0 Å². The first-order valence-electron chi connectivity index (χ1n) is 4.41. The highest BCUT2D eigenvalue weighted by Crippen LogP contribution is 2.14. The Morgan fingerprint density at radius 3 is 2.40 bits per heavy atom.